The highest BCUT2D eigenvalue weighted by molar-refractivity contribution is 7.89. The highest BCUT2D eigenvalue weighted by Crippen LogP contribution is 2.24. The molecule has 1 aliphatic heterocycles. The zero-order valence-corrected chi connectivity index (χ0v) is 14.3. The molecule has 3 N–H and O–H groups in total. The molecule has 1 aromatic carbocycles. The highest BCUT2D eigenvalue weighted by Gasteiger charge is 2.21. The first-order chi connectivity index (χ1) is 11.2. The van der Waals surface area contributed by atoms with E-state index in [9.17, 15) is 17.6 Å². The molecule has 0 aliphatic carbocycles. The Hall–Kier alpha value is -2.00. The van der Waals surface area contributed by atoms with Gasteiger partial charge in [-0.2, -0.15) is 0 Å². The second kappa shape index (κ2) is 7.27. The monoisotopic (exact) mass is 357 g/mol. The van der Waals surface area contributed by atoms with E-state index in [0.717, 1.165) is 25.2 Å². The number of ether oxygens (including phenoxy) is 1. The number of sulfonamides is 1. The first-order valence-corrected chi connectivity index (χ1v) is 9.32. The molecule has 1 amide bonds. The van der Waals surface area contributed by atoms with E-state index >= 15 is 0 Å². The molecule has 0 saturated carbocycles. The van der Waals surface area contributed by atoms with Crippen LogP contribution in [0.1, 0.15) is 35.7 Å². The average molecular weight is 357 g/mol. The zero-order chi connectivity index (χ0) is 17.9. The Morgan fingerprint density at radius 2 is 1.92 bits per heavy atom. The molecular weight excluding hydrogens is 337 g/mol. The standard InChI is InChI=1S/C15H20FN3O4S/c1-9(17)11-7-12(15(20)19-24(2,21)22)13(16)8-14(11)18-10-3-5-23-6-4-10/h7-8,10,17-18H,3-6H2,1-2H3,(H,19,20). The largest absolute Gasteiger partial charge is 0.382 e. The number of carbonyl (C=O) groups is 1. The SMILES string of the molecule is CC(=N)c1cc(C(=O)NS(C)(=O)=O)c(F)cc1NC1CCOCC1. The lowest BCUT2D eigenvalue weighted by atomic mass is 10.0. The summed E-state index contributed by atoms with van der Waals surface area (Å²) >= 11 is 0. The van der Waals surface area contributed by atoms with E-state index in [1.807, 2.05) is 0 Å². The lowest BCUT2D eigenvalue weighted by Crippen LogP contribution is -2.31. The third-order valence-corrected chi connectivity index (χ3v) is 4.17. The van der Waals surface area contributed by atoms with Crippen molar-refractivity contribution in [2.75, 3.05) is 24.8 Å². The van der Waals surface area contributed by atoms with Gasteiger partial charge in [-0.1, -0.05) is 0 Å². The van der Waals surface area contributed by atoms with Crippen LogP contribution in [-0.2, 0) is 14.8 Å². The minimum atomic E-state index is -3.80. The van der Waals surface area contributed by atoms with Gasteiger partial charge in [0.25, 0.3) is 5.91 Å². The van der Waals surface area contributed by atoms with Crippen LogP contribution in [0, 0.1) is 11.2 Å². The number of amides is 1. The Kier molecular flexibility index (Phi) is 5.55. The van der Waals surface area contributed by atoms with Crippen molar-refractivity contribution in [2.45, 2.75) is 25.8 Å². The molecule has 0 atom stereocenters. The van der Waals surface area contributed by atoms with Gasteiger partial charge in [0.1, 0.15) is 5.82 Å². The quantitative estimate of drug-likeness (QED) is 0.692. The van der Waals surface area contributed by atoms with E-state index in [-0.39, 0.29) is 11.8 Å². The molecule has 0 spiro atoms. The molecule has 1 saturated heterocycles. The molecule has 24 heavy (non-hydrogen) atoms. The van der Waals surface area contributed by atoms with Gasteiger partial charge < -0.3 is 15.5 Å². The van der Waals surface area contributed by atoms with Crippen LogP contribution < -0.4 is 10.0 Å². The normalized spacial score (nSPS) is 15.8. The van der Waals surface area contributed by atoms with Crippen molar-refractivity contribution in [1.29, 1.82) is 5.41 Å². The highest BCUT2D eigenvalue weighted by atomic mass is 32.2. The van der Waals surface area contributed by atoms with Crippen LogP contribution in [0.5, 0.6) is 0 Å². The molecule has 9 heteroatoms. The molecule has 1 aliphatic rings. The summed E-state index contributed by atoms with van der Waals surface area (Å²) in [6, 6.07) is 2.41. The predicted molar refractivity (Wildman–Crippen MR) is 88.7 cm³/mol. The van der Waals surface area contributed by atoms with Crippen molar-refractivity contribution < 1.29 is 22.3 Å². The summed E-state index contributed by atoms with van der Waals surface area (Å²) < 4.78 is 43.6. The van der Waals surface area contributed by atoms with Gasteiger partial charge in [0.05, 0.1) is 11.8 Å². The Morgan fingerprint density at radius 1 is 1.29 bits per heavy atom. The molecule has 1 fully saturated rings. The van der Waals surface area contributed by atoms with E-state index in [2.05, 4.69) is 5.32 Å². The smallest absolute Gasteiger partial charge is 0.267 e. The van der Waals surface area contributed by atoms with E-state index in [4.69, 9.17) is 10.1 Å². The predicted octanol–water partition coefficient (Wildman–Crippen LogP) is 1.49. The fraction of sp³-hybridized carbons (Fsp3) is 0.467. The third-order valence-electron chi connectivity index (χ3n) is 3.61. The van der Waals surface area contributed by atoms with Crippen LogP contribution in [0.15, 0.2) is 12.1 Å². The Labute approximate surface area is 140 Å². The molecule has 132 valence electrons. The van der Waals surface area contributed by atoms with Gasteiger partial charge in [-0.15, -0.1) is 0 Å². The van der Waals surface area contributed by atoms with Gasteiger partial charge in [-0.05, 0) is 31.9 Å². The van der Waals surface area contributed by atoms with Gasteiger partial charge in [0.15, 0.2) is 0 Å². The van der Waals surface area contributed by atoms with Crippen molar-refractivity contribution in [3.8, 4) is 0 Å². The van der Waals surface area contributed by atoms with Crippen molar-refractivity contribution in [3.05, 3.63) is 29.1 Å². The molecule has 0 unspecified atom stereocenters. The summed E-state index contributed by atoms with van der Waals surface area (Å²) in [5.74, 6) is -1.91. The molecule has 7 nitrogen and oxygen atoms in total. The third kappa shape index (κ3) is 4.75. The number of hydrogen-bond donors (Lipinski definition) is 3. The second-order valence-electron chi connectivity index (χ2n) is 5.74. The van der Waals surface area contributed by atoms with Crippen molar-refractivity contribution in [2.24, 2.45) is 0 Å². The summed E-state index contributed by atoms with van der Waals surface area (Å²) in [4.78, 5) is 11.9. The number of halogens is 1. The molecular formula is C15H20FN3O4S. The average Bonchev–Trinajstić information content (AvgIpc) is 2.46. The van der Waals surface area contributed by atoms with E-state index in [0.29, 0.717) is 24.5 Å². The molecule has 0 aromatic heterocycles. The van der Waals surface area contributed by atoms with Crippen LogP contribution in [0.2, 0.25) is 0 Å². The fourth-order valence-electron chi connectivity index (χ4n) is 2.46. The lowest BCUT2D eigenvalue weighted by molar-refractivity contribution is 0.0904. The topological polar surface area (TPSA) is 108 Å². The van der Waals surface area contributed by atoms with Gasteiger partial charge in [-0.3, -0.25) is 4.79 Å². The maximum Gasteiger partial charge on any atom is 0.267 e. The van der Waals surface area contributed by atoms with Crippen molar-refractivity contribution in [3.63, 3.8) is 0 Å². The minimum absolute atomic E-state index is 0.0898. The maximum atomic E-state index is 14.3. The van der Waals surface area contributed by atoms with Crippen LogP contribution in [-0.4, -0.2) is 45.5 Å². The zero-order valence-electron chi connectivity index (χ0n) is 13.5. The summed E-state index contributed by atoms with van der Waals surface area (Å²) in [7, 11) is -3.80. The molecule has 2 rings (SSSR count). The van der Waals surface area contributed by atoms with Gasteiger partial charge in [0, 0.05) is 36.2 Å². The first kappa shape index (κ1) is 18.3. The number of rotatable bonds is 5. The number of benzene rings is 1. The van der Waals surface area contributed by atoms with Crippen LogP contribution >= 0.6 is 0 Å². The molecule has 0 bridgehead atoms. The van der Waals surface area contributed by atoms with E-state index in [1.54, 1.807) is 4.72 Å². The van der Waals surface area contributed by atoms with Crippen LogP contribution in [0.3, 0.4) is 0 Å². The van der Waals surface area contributed by atoms with Gasteiger partial charge in [0.2, 0.25) is 10.0 Å². The van der Waals surface area contributed by atoms with Gasteiger partial charge >= 0.3 is 0 Å². The summed E-state index contributed by atoms with van der Waals surface area (Å²) in [6.07, 6.45) is 2.33. The van der Waals surface area contributed by atoms with Crippen LogP contribution in [0.25, 0.3) is 0 Å². The first-order valence-electron chi connectivity index (χ1n) is 7.43. The van der Waals surface area contributed by atoms with E-state index < -0.39 is 27.3 Å². The number of hydrogen-bond acceptors (Lipinski definition) is 6. The number of nitrogens with one attached hydrogen (secondary N) is 3. The minimum Gasteiger partial charge on any atom is -0.382 e. The van der Waals surface area contributed by atoms with E-state index in [1.165, 1.54) is 13.0 Å². The summed E-state index contributed by atoms with van der Waals surface area (Å²) in [5.41, 5.74) is 0.474. The number of carbonyl (C=O) groups excluding carboxylic acids is 1. The Morgan fingerprint density at radius 3 is 2.46 bits per heavy atom. The molecule has 0 radical (unpaired) electrons. The van der Waals surface area contributed by atoms with Crippen LogP contribution in [0.4, 0.5) is 10.1 Å². The van der Waals surface area contributed by atoms with Gasteiger partial charge in [-0.25, -0.2) is 17.5 Å². The fourth-order valence-corrected chi connectivity index (χ4v) is 2.91. The Balaban J connectivity index is 2.34. The Bertz CT molecular complexity index is 758. The lowest BCUT2D eigenvalue weighted by Gasteiger charge is -2.25. The molecule has 1 heterocycles. The second-order valence-corrected chi connectivity index (χ2v) is 7.49. The van der Waals surface area contributed by atoms with Crippen molar-refractivity contribution >= 4 is 27.3 Å². The summed E-state index contributed by atoms with van der Waals surface area (Å²) in [5, 5.41) is 11.0. The number of anilines is 1. The maximum absolute atomic E-state index is 14.3. The van der Waals surface area contributed by atoms with Crippen molar-refractivity contribution in [1.82, 2.24) is 4.72 Å². The summed E-state index contributed by atoms with van der Waals surface area (Å²) in [6.45, 7) is 2.72. The molecule has 1 aromatic rings.